The lowest BCUT2D eigenvalue weighted by atomic mass is 10.1. The predicted molar refractivity (Wildman–Crippen MR) is 96.4 cm³/mol. The molecular weight excluding hydrogens is 320 g/mol. The van der Waals surface area contributed by atoms with Crippen molar-refractivity contribution in [3.8, 4) is 0 Å². The van der Waals surface area contributed by atoms with Gasteiger partial charge in [-0.15, -0.1) is 0 Å². The summed E-state index contributed by atoms with van der Waals surface area (Å²) in [7, 11) is 1.39. The van der Waals surface area contributed by atoms with Gasteiger partial charge in [0.2, 0.25) is 0 Å². The minimum atomic E-state index is -1.14. The molecule has 0 aromatic heterocycles. The summed E-state index contributed by atoms with van der Waals surface area (Å²) < 4.78 is 4.85. The van der Waals surface area contributed by atoms with Crippen LogP contribution >= 0.6 is 0 Å². The minimum Gasteiger partial charge on any atom is -0.480 e. The van der Waals surface area contributed by atoms with Crippen molar-refractivity contribution in [1.82, 2.24) is 5.32 Å². The van der Waals surface area contributed by atoms with Crippen molar-refractivity contribution >= 4 is 23.3 Å². The summed E-state index contributed by atoms with van der Waals surface area (Å²) in [4.78, 5) is 23.7. The van der Waals surface area contributed by atoms with Crippen LogP contribution < -0.4 is 10.6 Å². The second-order valence-electron chi connectivity index (χ2n) is 5.74. The van der Waals surface area contributed by atoms with Gasteiger partial charge in [-0.3, -0.25) is 4.79 Å². The highest BCUT2D eigenvalue weighted by Gasteiger charge is 2.22. The maximum atomic E-state index is 12.5. The first-order valence-corrected chi connectivity index (χ1v) is 7.89. The van der Waals surface area contributed by atoms with Crippen molar-refractivity contribution in [2.75, 3.05) is 19.0 Å². The van der Waals surface area contributed by atoms with Crippen LogP contribution in [0.4, 0.5) is 11.4 Å². The SMILES string of the molecule is COCC(NC(=O)c1ccccc1Nc1cccc(C)c1C)C(=O)O. The number of para-hydroxylation sites is 1. The first kappa shape index (κ1) is 18.5. The Hall–Kier alpha value is -2.86. The summed E-state index contributed by atoms with van der Waals surface area (Å²) in [6.07, 6.45) is 0. The molecule has 0 saturated carbocycles. The Labute approximate surface area is 146 Å². The van der Waals surface area contributed by atoms with Gasteiger partial charge in [0.25, 0.3) is 5.91 Å². The summed E-state index contributed by atoms with van der Waals surface area (Å²) >= 11 is 0. The summed E-state index contributed by atoms with van der Waals surface area (Å²) in [5.74, 6) is -1.62. The van der Waals surface area contributed by atoms with Crippen LogP contribution in [0.15, 0.2) is 42.5 Å². The number of carboxylic acids is 1. The van der Waals surface area contributed by atoms with Crippen molar-refractivity contribution in [2.24, 2.45) is 0 Å². The molecule has 3 N–H and O–H groups in total. The molecule has 0 saturated heterocycles. The molecule has 0 fully saturated rings. The first-order valence-electron chi connectivity index (χ1n) is 7.89. The highest BCUT2D eigenvalue weighted by Crippen LogP contribution is 2.25. The molecule has 2 rings (SSSR count). The summed E-state index contributed by atoms with van der Waals surface area (Å²) in [5.41, 5.74) is 4.09. The van der Waals surface area contributed by atoms with Crippen molar-refractivity contribution in [1.29, 1.82) is 0 Å². The fourth-order valence-electron chi connectivity index (χ4n) is 2.40. The van der Waals surface area contributed by atoms with E-state index in [1.54, 1.807) is 18.2 Å². The van der Waals surface area contributed by atoms with Crippen LogP contribution in [-0.4, -0.2) is 36.7 Å². The lowest BCUT2D eigenvalue weighted by Crippen LogP contribution is -2.43. The molecule has 0 aliphatic carbocycles. The van der Waals surface area contributed by atoms with Crippen LogP contribution in [0.1, 0.15) is 21.5 Å². The van der Waals surface area contributed by atoms with Crippen molar-refractivity contribution in [2.45, 2.75) is 19.9 Å². The highest BCUT2D eigenvalue weighted by molar-refractivity contribution is 6.02. The topological polar surface area (TPSA) is 87.7 Å². The number of benzene rings is 2. The van der Waals surface area contributed by atoms with Crippen molar-refractivity contribution in [3.63, 3.8) is 0 Å². The highest BCUT2D eigenvalue weighted by atomic mass is 16.5. The zero-order valence-corrected chi connectivity index (χ0v) is 14.5. The molecule has 1 amide bonds. The van der Waals surface area contributed by atoms with Gasteiger partial charge >= 0.3 is 5.97 Å². The third-order valence-electron chi connectivity index (χ3n) is 3.98. The average Bonchev–Trinajstić information content (AvgIpc) is 2.59. The van der Waals surface area contributed by atoms with Crippen LogP contribution in [0.2, 0.25) is 0 Å². The van der Waals surface area contributed by atoms with E-state index in [1.807, 2.05) is 38.1 Å². The zero-order valence-electron chi connectivity index (χ0n) is 14.5. The number of rotatable bonds is 7. The Kier molecular flexibility index (Phi) is 6.14. The average molecular weight is 342 g/mol. The van der Waals surface area contributed by atoms with E-state index in [1.165, 1.54) is 7.11 Å². The standard InChI is InChI=1S/C19H22N2O4/c1-12-7-6-10-15(13(12)2)20-16-9-5-4-8-14(16)18(22)21-17(11-25-3)19(23)24/h4-10,17,20H,11H2,1-3H3,(H,21,22)(H,23,24). The van der Waals surface area contributed by atoms with E-state index in [4.69, 9.17) is 9.84 Å². The molecule has 0 bridgehead atoms. The van der Waals surface area contributed by atoms with Gasteiger partial charge in [0.05, 0.1) is 17.9 Å². The van der Waals surface area contributed by atoms with Gasteiger partial charge < -0.3 is 20.5 Å². The van der Waals surface area contributed by atoms with E-state index in [2.05, 4.69) is 10.6 Å². The summed E-state index contributed by atoms with van der Waals surface area (Å²) in [5, 5.41) is 14.9. The molecule has 0 aliphatic rings. The van der Waals surface area contributed by atoms with Gasteiger partial charge in [0, 0.05) is 12.8 Å². The van der Waals surface area contributed by atoms with Gasteiger partial charge in [-0.2, -0.15) is 0 Å². The van der Waals surface area contributed by atoms with Crippen molar-refractivity contribution < 1.29 is 19.4 Å². The number of nitrogens with one attached hydrogen (secondary N) is 2. The van der Waals surface area contributed by atoms with Gasteiger partial charge in [-0.25, -0.2) is 4.79 Å². The number of ether oxygens (including phenoxy) is 1. The molecule has 6 nitrogen and oxygen atoms in total. The molecule has 2 aromatic rings. The van der Waals surface area contributed by atoms with E-state index in [-0.39, 0.29) is 6.61 Å². The Morgan fingerprint density at radius 2 is 1.76 bits per heavy atom. The Bertz CT molecular complexity index is 774. The lowest BCUT2D eigenvalue weighted by molar-refractivity contribution is -0.140. The van der Waals surface area contributed by atoms with Gasteiger partial charge in [0.15, 0.2) is 6.04 Å². The van der Waals surface area contributed by atoms with Crippen LogP contribution in [0.25, 0.3) is 0 Å². The molecule has 0 radical (unpaired) electrons. The molecule has 0 aliphatic heterocycles. The molecule has 0 spiro atoms. The number of carboxylic acid groups (broad SMARTS) is 1. The van der Waals surface area contributed by atoms with Crippen LogP contribution in [0.5, 0.6) is 0 Å². The van der Waals surface area contributed by atoms with Gasteiger partial charge in [-0.1, -0.05) is 24.3 Å². The van der Waals surface area contributed by atoms with E-state index in [0.717, 1.165) is 16.8 Å². The largest absolute Gasteiger partial charge is 0.480 e. The van der Waals surface area contributed by atoms with Crippen LogP contribution in [0.3, 0.4) is 0 Å². The van der Waals surface area contributed by atoms with Gasteiger partial charge in [0.1, 0.15) is 0 Å². The number of hydrogen-bond donors (Lipinski definition) is 3. The quantitative estimate of drug-likeness (QED) is 0.720. The number of carbonyl (C=O) groups excluding carboxylic acids is 1. The maximum absolute atomic E-state index is 12.5. The van der Waals surface area contributed by atoms with Gasteiger partial charge in [-0.05, 0) is 43.2 Å². The molecule has 6 heteroatoms. The number of aryl methyl sites for hydroxylation is 1. The molecule has 132 valence electrons. The van der Waals surface area contributed by atoms with E-state index >= 15 is 0 Å². The normalized spacial score (nSPS) is 11.6. The van der Waals surface area contributed by atoms with Crippen molar-refractivity contribution in [3.05, 3.63) is 59.2 Å². The number of methoxy groups -OCH3 is 1. The lowest BCUT2D eigenvalue weighted by Gasteiger charge is -2.17. The number of amides is 1. The number of carbonyl (C=O) groups is 2. The van der Waals surface area contributed by atoms with E-state index < -0.39 is 17.9 Å². The molecular formula is C19H22N2O4. The molecule has 1 atom stereocenters. The molecule has 2 aromatic carbocycles. The fourth-order valence-corrected chi connectivity index (χ4v) is 2.40. The Morgan fingerprint density at radius 3 is 2.44 bits per heavy atom. The molecule has 0 heterocycles. The van der Waals surface area contributed by atoms with E-state index in [0.29, 0.717) is 11.3 Å². The van der Waals surface area contributed by atoms with Crippen LogP contribution in [-0.2, 0) is 9.53 Å². The number of hydrogen-bond acceptors (Lipinski definition) is 4. The smallest absolute Gasteiger partial charge is 0.328 e. The minimum absolute atomic E-state index is 0.104. The second kappa shape index (κ2) is 8.30. The summed E-state index contributed by atoms with van der Waals surface area (Å²) in [6.45, 7) is 3.91. The third kappa shape index (κ3) is 4.58. The Morgan fingerprint density at radius 1 is 1.08 bits per heavy atom. The molecule has 1 unspecified atom stereocenters. The molecule has 25 heavy (non-hydrogen) atoms. The Balaban J connectivity index is 2.26. The second-order valence-corrected chi connectivity index (χ2v) is 5.74. The fraction of sp³-hybridized carbons (Fsp3) is 0.263. The van der Waals surface area contributed by atoms with Crippen LogP contribution in [0, 0.1) is 13.8 Å². The number of aliphatic carboxylic acids is 1. The maximum Gasteiger partial charge on any atom is 0.328 e. The summed E-state index contributed by atoms with van der Waals surface area (Å²) in [6, 6.07) is 11.8. The third-order valence-corrected chi connectivity index (χ3v) is 3.98. The van der Waals surface area contributed by atoms with E-state index in [9.17, 15) is 9.59 Å². The zero-order chi connectivity index (χ0) is 18.4. The first-order chi connectivity index (χ1) is 11.9. The monoisotopic (exact) mass is 342 g/mol. The predicted octanol–water partition coefficient (Wildman–Crippen LogP) is 2.88. The number of anilines is 2.